The maximum Gasteiger partial charge on any atom is 0.0775 e. The normalized spacial score (nSPS) is 9.31. The average Bonchev–Trinajstić information content (AvgIpc) is 2.73. The molecule has 0 fully saturated rings. The summed E-state index contributed by atoms with van der Waals surface area (Å²) < 4.78 is 0. The number of aryl methyl sites for hydroxylation is 1. The van der Waals surface area contributed by atoms with Gasteiger partial charge in [0, 0.05) is 10.4 Å². The quantitative estimate of drug-likeness (QED) is 0.640. The third-order valence-corrected chi connectivity index (χ3v) is 3.13. The van der Waals surface area contributed by atoms with Crippen LogP contribution in [0.25, 0.3) is 6.08 Å². The Morgan fingerprint density at radius 1 is 1.06 bits per heavy atom. The molecule has 0 spiro atoms. The lowest BCUT2D eigenvalue weighted by Gasteiger charge is -1.92. The summed E-state index contributed by atoms with van der Waals surface area (Å²) in [4.78, 5) is 2.41. The van der Waals surface area contributed by atoms with Gasteiger partial charge in [0.15, 0.2) is 0 Å². The van der Waals surface area contributed by atoms with Gasteiger partial charge >= 0.3 is 0 Å². The summed E-state index contributed by atoms with van der Waals surface area (Å²) in [7, 11) is 0. The van der Waals surface area contributed by atoms with E-state index in [4.69, 9.17) is 0 Å². The van der Waals surface area contributed by atoms with E-state index in [1.807, 2.05) is 30.3 Å². The Kier molecular flexibility index (Phi) is 3.24. The van der Waals surface area contributed by atoms with Gasteiger partial charge in [-0.25, -0.2) is 0 Å². The predicted octanol–water partition coefficient (Wildman–Crippen LogP) is 4.10. The Morgan fingerprint density at radius 3 is 2.38 bits per heavy atom. The topological polar surface area (TPSA) is 0 Å². The summed E-state index contributed by atoms with van der Waals surface area (Å²) in [6, 6.07) is 12.2. The minimum absolute atomic E-state index is 1.04. The first-order valence-electron chi connectivity index (χ1n) is 5.09. The van der Waals surface area contributed by atoms with Crippen LogP contribution in [0.2, 0.25) is 0 Å². The molecular formula is C15H12S. The molecule has 0 bridgehead atoms. The fourth-order valence-electron chi connectivity index (χ4n) is 1.34. The van der Waals surface area contributed by atoms with Crippen molar-refractivity contribution in [1.29, 1.82) is 0 Å². The molecule has 0 saturated carbocycles. The average molecular weight is 224 g/mol. The fraction of sp³-hybridized carbons (Fsp3) is 0.0667. The van der Waals surface area contributed by atoms with E-state index in [-0.39, 0.29) is 0 Å². The zero-order valence-corrected chi connectivity index (χ0v) is 9.97. The van der Waals surface area contributed by atoms with Crippen molar-refractivity contribution in [3.63, 3.8) is 0 Å². The molecule has 0 N–H and O–H groups in total. The van der Waals surface area contributed by atoms with Crippen molar-refractivity contribution >= 4 is 17.4 Å². The first-order chi connectivity index (χ1) is 7.78. The molecule has 2 aromatic rings. The molecule has 0 aliphatic heterocycles. The van der Waals surface area contributed by atoms with Crippen molar-refractivity contribution in [3.05, 3.63) is 63.9 Å². The Bertz CT molecular complexity index is 547. The zero-order valence-electron chi connectivity index (χ0n) is 9.16. The van der Waals surface area contributed by atoms with Crippen molar-refractivity contribution in [3.8, 4) is 11.8 Å². The van der Waals surface area contributed by atoms with Crippen LogP contribution >= 0.6 is 11.3 Å². The maximum absolute atomic E-state index is 3.72. The lowest BCUT2D eigenvalue weighted by molar-refractivity contribution is 1.61. The smallest absolute Gasteiger partial charge is 0.0775 e. The van der Waals surface area contributed by atoms with Crippen molar-refractivity contribution in [2.45, 2.75) is 6.92 Å². The van der Waals surface area contributed by atoms with Gasteiger partial charge in [0.25, 0.3) is 0 Å². The molecule has 0 amide bonds. The van der Waals surface area contributed by atoms with Gasteiger partial charge in [-0.15, -0.1) is 11.3 Å². The minimum Gasteiger partial charge on any atom is -0.132 e. The van der Waals surface area contributed by atoms with E-state index in [1.165, 1.54) is 4.88 Å². The van der Waals surface area contributed by atoms with E-state index in [9.17, 15) is 0 Å². The molecule has 0 aliphatic carbocycles. The fourth-order valence-corrected chi connectivity index (χ4v) is 2.06. The Balaban J connectivity index is 2.20. The number of hydrogen-bond acceptors (Lipinski definition) is 1. The second-order valence-electron chi connectivity index (χ2n) is 3.49. The monoisotopic (exact) mass is 224 g/mol. The molecule has 0 radical (unpaired) electrons. The zero-order chi connectivity index (χ0) is 11.4. The molecule has 78 valence electrons. The number of benzene rings is 1. The van der Waals surface area contributed by atoms with E-state index in [1.54, 1.807) is 11.3 Å². The summed E-state index contributed by atoms with van der Waals surface area (Å²) in [6.45, 7) is 5.81. The summed E-state index contributed by atoms with van der Waals surface area (Å²) in [5, 5.41) is 0. The highest BCUT2D eigenvalue weighted by molar-refractivity contribution is 7.12. The summed E-state index contributed by atoms with van der Waals surface area (Å²) in [5.41, 5.74) is 2.16. The molecule has 1 heterocycles. The molecule has 0 atom stereocenters. The third-order valence-electron chi connectivity index (χ3n) is 2.22. The molecule has 2 rings (SSSR count). The van der Waals surface area contributed by atoms with Crippen LogP contribution in [0.5, 0.6) is 0 Å². The van der Waals surface area contributed by atoms with Crippen LogP contribution in [0, 0.1) is 18.8 Å². The van der Waals surface area contributed by atoms with Gasteiger partial charge in [-0.05, 0) is 36.8 Å². The molecule has 1 heteroatoms. The van der Waals surface area contributed by atoms with E-state index in [0.717, 1.165) is 16.0 Å². The Hall–Kier alpha value is -1.78. The van der Waals surface area contributed by atoms with Crippen LogP contribution < -0.4 is 0 Å². The lowest BCUT2D eigenvalue weighted by atomic mass is 10.1. The first-order valence-corrected chi connectivity index (χ1v) is 5.90. The van der Waals surface area contributed by atoms with Gasteiger partial charge in [0.05, 0.1) is 4.88 Å². The van der Waals surface area contributed by atoms with Crippen molar-refractivity contribution in [2.24, 2.45) is 0 Å². The standard InChI is InChI=1S/C15H12S/c1-3-13-5-7-14(8-6-13)9-11-15-10-4-12(2)16-15/h3-8,10H,1H2,2H3. The van der Waals surface area contributed by atoms with Gasteiger partial charge in [0.2, 0.25) is 0 Å². The second kappa shape index (κ2) is 4.83. The van der Waals surface area contributed by atoms with Crippen LogP contribution in [0.1, 0.15) is 20.9 Å². The molecule has 16 heavy (non-hydrogen) atoms. The molecule has 1 aromatic heterocycles. The van der Waals surface area contributed by atoms with E-state index in [2.05, 4.69) is 37.5 Å². The van der Waals surface area contributed by atoms with Gasteiger partial charge < -0.3 is 0 Å². The molecule has 0 aliphatic rings. The van der Waals surface area contributed by atoms with E-state index >= 15 is 0 Å². The second-order valence-corrected chi connectivity index (χ2v) is 4.77. The first kappa shape index (κ1) is 10.7. The summed E-state index contributed by atoms with van der Waals surface area (Å²) >= 11 is 1.72. The number of thiophene rings is 1. The molecule has 0 unspecified atom stereocenters. The van der Waals surface area contributed by atoms with Gasteiger partial charge in [-0.3, -0.25) is 0 Å². The highest BCUT2D eigenvalue weighted by atomic mass is 32.1. The van der Waals surface area contributed by atoms with E-state index in [0.29, 0.717) is 0 Å². The van der Waals surface area contributed by atoms with Crippen LogP contribution in [-0.4, -0.2) is 0 Å². The highest BCUT2D eigenvalue weighted by Crippen LogP contribution is 2.13. The Labute approximate surface area is 100 Å². The van der Waals surface area contributed by atoms with Gasteiger partial charge in [-0.1, -0.05) is 36.6 Å². The molecule has 0 saturated heterocycles. The SMILES string of the molecule is C=Cc1ccc(C#Cc2ccc(C)s2)cc1. The molecular weight excluding hydrogens is 212 g/mol. The summed E-state index contributed by atoms with van der Waals surface area (Å²) in [6.07, 6.45) is 1.83. The third kappa shape index (κ3) is 2.62. The molecule has 1 aromatic carbocycles. The van der Waals surface area contributed by atoms with Crippen LogP contribution in [0.3, 0.4) is 0 Å². The summed E-state index contributed by atoms with van der Waals surface area (Å²) in [5.74, 6) is 6.31. The predicted molar refractivity (Wildman–Crippen MR) is 71.6 cm³/mol. The highest BCUT2D eigenvalue weighted by Gasteiger charge is 1.91. The van der Waals surface area contributed by atoms with Crippen LogP contribution in [0.15, 0.2) is 43.0 Å². The van der Waals surface area contributed by atoms with Crippen LogP contribution in [0.4, 0.5) is 0 Å². The molecule has 0 nitrogen and oxygen atoms in total. The van der Waals surface area contributed by atoms with Crippen LogP contribution in [-0.2, 0) is 0 Å². The van der Waals surface area contributed by atoms with Gasteiger partial charge in [0.1, 0.15) is 0 Å². The van der Waals surface area contributed by atoms with Crippen molar-refractivity contribution in [1.82, 2.24) is 0 Å². The Morgan fingerprint density at radius 2 is 1.81 bits per heavy atom. The largest absolute Gasteiger partial charge is 0.132 e. The minimum atomic E-state index is 1.04. The van der Waals surface area contributed by atoms with Crippen molar-refractivity contribution in [2.75, 3.05) is 0 Å². The van der Waals surface area contributed by atoms with Crippen molar-refractivity contribution < 1.29 is 0 Å². The van der Waals surface area contributed by atoms with Gasteiger partial charge in [-0.2, -0.15) is 0 Å². The lowest BCUT2D eigenvalue weighted by Crippen LogP contribution is -1.75. The number of rotatable bonds is 1. The maximum atomic E-state index is 3.72. The number of hydrogen-bond donors (Lipinski definition) is 0. The van der Waals surface area contributed by atoms with E-state index < -0.39 is 0 Å².